The van der Waals surface area contributed by atoms with E-state index in [0.717, 1.165) is 47.8 Å². The van der Waals surface area contributed by atoms with E-state index in [9.17, 15) is 18.0 Å². The Morgan fingerprint density at radius 2 is 1.67 bits per heavy atom. The molecule has 1 saturated heterocycles. The average Bonchev–Trinajstić information content (AvgIpc) is 3.50. The largest absolute Gasteiger partial charge is 0.490 e. The van der Waals surface area contributed by atoms with Crippen molar-refractivity contribution in [1.82, 2.24) is 14.5 Å². The van der Waals surface area contributed by atoms with Gasteiger partial charge < -0.3 is 14.9 Å². The number of alkyl halides is 3. The summed E-state index contributed by atoms with van der Waals surface area (Å²) in [5.74, 6) is -2.60. The number of hydrogen-bond acceptors (Lipinski definition) is 5. The molecule has 1 aliphatic rings. The van der Waals surface area contributed by atoms with Crippen LogP contribution in [0.15, 0.2) is 66.3 Å². The van der Waals surface area contributed by atoms with Crippen LogP contribution in [0.3, 0.4) is 0 Å². The minimum absolute atomic E-state index is 0.156. The normalized spacial score (nSPS) is 13.9. The number of aliphatic carboxylic acids is 1. The summed E-state index contributed by atoms with van der Waals surface area (Å²) >= 11 is 1.53. The number of carbonyl (C=O) groups excluding carboxylic acids is 1. The number of halogens is 3. The lowest BCUT2D eigenvalue weighted by Crippen LogP contribution is -2.48. The molecule has 0 bridgehead atoms. The molecule has 0 unspecified atom stereocenters. The maximum absolute atomic E-state index is 12.8. The summed E-state index contributed by atoms with van der Waals surface area (Å²) in [6, 6.07) is 16.7. The van der Waals surface area contributed by atoms with Crippen molar-refractivity contribution in [3.05, 3.63) is 76.7 Å². The molecular weight excluding hydrogens is 493 g/mol. The van der Waals surface area contributed by atoms with Gasteiger partial charge in [-0.05, 0) is 47.2 Å². The third-order valence-electron chi connectivity index (χ3n) is 5.81. The van der Waals surface area contributed by atoms with Gasteiger partial charge in [0, 0.05) is 32.4 Å². The van der Waals surface area contributed by atoms with Crippen molar-refractivity contribution in [3.63, 3.8) is 0 Å². The van der Waals surface area contributed by atoms with Crippen LogP contribution in [-0.2, 0) is 4.79 Å². The second-order valence-corrected chi connectivity index (χ2v) is 9.07. The highest BCUT2D eigenvalue weighted by molar-refractivity contribution is 7.12. The number of carbonyl (C=O) groups is 2. The molecule has 1 amide bonds. The first kappa shape index (κ1) is 25.2. The fraction of sp³-hybridized carbons (Fsp3) is 0.240. The van der Waals surface area contributed by atoms with Crippen molar-refractivity contribution < 1.29 is 27.9 Å². The quantitative estimate of drug-likeness (QED) is 0.416. The van der Waals surface area contributed by atoms with Crippen LogP contribution in [-0.4, -0.2) is 63.9 Å². The number of pyridine rings is 1. The van der Waals surface area contributed by atoms with E-state index in [2.05, 4.69) is 46.4 Å². The Morgan fingerprint density at radius 3 is 2.25 bits per heavy atom. The molecule has 36 heavy (non-hydrogen) atoms. The van der Waals surface area contributed by atoms with Crippen LogP contribution in [0.1, 0.15) is 15.2 Å². The predicted molar refractivity (Wildman–Crippen MR) is 131 cm³/mol. The SMILES string of the molecule is Cc1ccsc1C(=O)N1CCN(c2cnn3ccc(-c4ccccc4)cc23)CC1.O=C(O)C(F)(F)F. The van der Waals surface area contributed by atoms with E-state index in [0.29, 0.717) is 0 Å². The van der Waals surface area contributed by atoms with Crippen molar-refractivity contribution >= 4 is 34.4 Å². The van der Waals surface area contributed by atoms with Gasteiger partial charge in [0.05, 0.1) is 22.3 Å². The van der Waals surface area contributed by atoms with Gasteiger partial charge in [0.15, 0.2) is 0 Å². The lowest BCUT2D eigenvalue weighted by molar-refractivity contribution is -0.192. The molecule has 1 aromatic carbocycles. The zero-order valence-electron chi connectivity index (χ0n) is 19.3. The first-order chi connectivity index (χ1) is 17.1. The van der Waals surface area contributed by atoms with Gasteiger partial charge in [-0.1, -0.05) is 30.3 Å². The number of rotatable bonds is 3. The molecule has 5 rings (SSSR count). The Labute approximate surface area is 209 Å². The van der Waals surface area contributed by atoms with E-state index in [4.69, 9.17) is 9.90 Å². The third-order valence-corrected chi connectivity index (χ3v) is 6.82. The Kier molecular flexibility index (Phi) is 7.30. The Hall–Kier alpha value is -3.86. The predicted octanol–water partition coefficient (Wildman–Crippen LogP) is 4.97. The van der Waals surface area contributed by atoms with Gasteiger partial charge in [0.25, 0.3) is 5.91 Å². The topological polar surface area (TPSA) is 78.2 Å². The van der Waals surface area contributed by atoms with E-state index < -0.39 is 12.1 Å². The lowest BCUT2D eigenvalue weighted by atomic mass is 10.1. The first-order valence-corrected chi connectivity index (χ1v) is 11.9. The summed E-state index contributed by atoms with van der Waals surface area (Å²) in [6.45, 7) is 5.08. The van der Waals surface area contributed by atoms with Crippen LogP contribution >= 0.6 is 11.3 Å². The summed E-state index contributed by atoms with van der Waals surface area (Å²) in [5, 5.41) is 13.6. The number of hydrogen-bond donors (Lipinski definition) is 1. The van der Waals surface area contributed by atoms with E-state index in [1.54, 1.807) is 0 Å². The molecule has 0 radical (unpaired) electrons. The smallest absolute Gasteiger partial charge is 0.475 e. The molecule has 0 atom stereocenters. The molecule has 188 valence electrons. The number of benzene rings is 1. The van der Waals surface area contributed by atoms with Crippen molar-refractivity contribution in [1.29, 1.82) is 0 Å². The molecule has 7 nitrogen and oxygen atoms in total. The number of carboxylic acids is 1. The van der Waals surface area contributed by atoms with Crippen LogP contribution in [0.4, 0.5) is 18.9 Å². The van der Waals surface area contributed by atoms with Crippen molar-refractivity contribution in [2.24, 2.45) is 0 Å². The van der Waals surface area contributed by atoms with Gasteiger partial charge in [0.1, 0.15) is 0 Å². The zero-order valence-corrected chi connectivity index (χ0v) is 20.1. The molecule has 4 aromatic rings. The van der Waals surface area contributed by atoms with E-state index in [1.165, 1.54) is 22.5 Å². The van der Waals surface area contributed by atoms with Gasteiger partial charge in [-0.25, -0.2) is 9.31 Å². The molecule has 0 aliphatic carbocycles. The summed E-state index contributed by atoms with van der Waals surface area (Å²) in [7, 11) is 0. The second-order valence-electron chi connectivity index (χ2n) is 8.16. The number of fused-ring (bicyclic) bond motifs is 1. The average molecular weight is 517 g/mol. The Bertz CT molecular complexity index is 1360. The monoisotopic (exact) mass is 516 g/mol. The number of amides is 1. The molecule has 1 fully saturated rings. The van der Waals surface area contributed by atoms with Gasteiger partial charge in [-0.2, -0.15) is 18.3 Å². The maximum Gasteiger partial charge on any atom is 0.490 e. The fourth-order valence-electron chi connectivity index (χ4n) is 3.91. The molecule has 11 heteroatoms. The van der Waals surface area contributed by atoms with Gasteiger partial charge in [-0.3, -0.25) is 4.79 Å². The molecule has 0 saturated carbocycles. The van der Waals surface area contributed by atoms with Crippen molar-refractivity contribution in [2.75, 3.05) is 31.1 Å². The summed E-state index contributed by atoms with van der Waals surface area (Å²) in [6.07, 6.45) is -1.13. The standard InChI is InChI=1S/C23H22N4OS.C2HF3O2/c1-17-8-14-29-22(17)23(28)26-12-10-25(11-13-26)21-16-24-27-9-7-19(15-20(21)27)18-5-3-2-4-6-18;3-2(4,5)1(6)7/h2-9,14-16H,10-13H2,1H3;(H,6,7). The number of carboxylic acid groups (broad SMARTS) is 1. The minimum Gasteiger partial charge on any atom is -0.475 e. The number of nitrogens with zero attached hydrogens (tertiary/aromatic N) is 4. The highest BCUT2D eigenvalue weighted by Crippen LogP contribution is 2.28. The number of thiophene rings is 1. The van der Waals surface area contributed by atoms with Gasteiger partial charge >= 0.3 is 12.1 Å². The molecule has 3 aromatic heterocycles. The number of aryl methyl sites for hydroxylation is 1. The highest BCUT2D eigenvalue weighted by atomic mass is 32.1. The Morgan fingerprint density at radius 1 is 1.00 bits per heavy atom. The maximum atomic E-state index is 12.8. The number of aromatic nitrogens is 2. The van der Waals surface area contributed by atoms with Crippen LogP contribution in [0.5, 0.6) is 0 Å². The third kappa shape index (κ3) is 5.51. The van der Waals surface area contributed by atoms with E-state index >= 15 is 0 Å². The highest BCUT2D eigenvalue weighted by Gasteiger charge is 2.38. The zero-order chi connectivity index (χ0) is 25.9. The second kappa shape index (κ2) is 10.4. The lowest BCUT2D eigenvalue weighted by Gasteiger charge is -2.35. The van der Waals surface area contributed by atoms with Gasteiger partial charge in [-0.15, -0.1) is 11.3 Å². The fourth-order valence-corrected chi connectivity index (χ4v) is 4.80. The molecule has 0 spiro atoms. The van der Waals surface area contributed by atoms with Crippen LogP contribution in [0, 0.1) is 6.92 Å². The van der Waals surface area contributed by atoms with Crippen LogP contribution in [0.2, 0.25) is 0 Å². The molecular formula is C25H23F3N4O3S. The van der Waals surface area contributed by atoms with E-state index in [1.807, 2.05) is 46.2 Å². The molecule has 1 aliphatic heterocycles. The Balaban J connectivity index is 0.000000384. The van der Waals surface area contributed by atoms with Gasteiger partial charge in [0.2, 0.25) is 0 Å². The van der Waals surface area contributed by atoms with Crippen LogP contribution < -0.4 is 4.90 Å². The number of piperazine rings is 1. The summed E-state index contributed by atoms with van der Waals surface area (Å²) in [5.41, 5.74) is 5.67. The molecule has 1 N–H and O–H groups in total. The van der Waals surface area contributed by atoms with Crippen molar-refractivity contribution in [3.8, 4) is 11.1 Å². The van der Waals surface area contributed by atoms with E-state index in [-0.39, 0.29) is 5.91 Å². The van der Waals surface area contributed by atoms with Crippen LogP contribution in [0.25, 0.3) is 16.6 Å². The summed E-state index contributed by atoms with van der Waals surface area (Å²) < 4.78 is 33.7. The first-order valence-electron chi connectivity index (χ1n) is 11.1. The van der Waals surface area contributed by atoms with Crippen molar-refractivity contribution in [2.45, 2.75) is 13.1 Å². The number of anilines is 1. The minimum atomic E-state index is -5.08. The summed E-state index contributed by atoms with van der Waals surface area (Å²) in [4.78, 5) is 26.9. The molecule has 4 heterocycles.